The molecule has 3 aromatic heterocycles. The number of nitrogens with one attached hydrogen (secondary N) is 1. The van der Waals surface area contributed by atoms with Gasteiger partial charge in [-0.15, -0.1) is 16.4 Å². The molecule has 3 aromatic rings. The molecule has 0 radical (unpaired) electrons. The molecule has 19 nitrogen and oxygen atoms in total. The Morgan fingerprint density at radius 3 is 2.74 bits per heavy atom. The van der Waals surface area contributed by atoms with Crippen LogP contribution in [0.3, 0.4) is 0 Å². The molecule has 5 heterocycles. The van der Waals surface area contributed by atoms with Crippen molar-refractivity contribution in [3.8, 4) is 10.7 Å². The molecule has 0 saturated carbocycles. The van der Waals surface area contributed by atoms with Crippen LogP contribution in [0.15, 0.2) is 23.0 Å². The van der Waals surface area contributed by atoms with E-state index in [-0.39, 0.29) is 55.9 Å². The van der Waals surface area contributed by atoms with Crippen molar-refractivity contribution in [2.24, 2.45) is 10.9 Å². The molecule has 1 amide bonds. The predicted octanol–water partition coefficient (Wildman–Crippen LogP) is 2.15. The third-order valence-corrected chi connectivity index (χ3v) is 11.8. The van der Waals surface area contributed by atoms with Crippen LogP contribution in [0.2, 0.25) is 0 Å². The molecule has 50 heavy (non-hydrogen) atoms. The number of fused-ring (bicyclic) bond motifs is 1. The maximum absolute atomic E-state index is 15.9. The number of hydrogen-bond acceptors (Lipinski definition) is 15. The maximum atomic E-state index is 15.9. The van der Waals surface area contributed by atoms with Crippen molar-refractivity contribution in [3.63, 3.8) is 0 Å². The van der Waals surface area contributed by atoms with Crippen LogP contribution in [0.1, 0.15) is 42.8 Å². The fourth-order valence-electron chi connectivity index (χ4n) is 4.85. The summed E-state index contributed by atoms with van der Waals surface area (Å²) in [6, 6.07) is 0. The summed E-state index contributed by atoms with van der Waals surface area (Å²) in [6.45, 7) is 5.05. The van der Waals surface area contributed by atoms with Crippen LogP contribution in [0.5, 0.6) is 0 Å². The molecule has 270 valence electrons. The van der Waals surface area contributed by atoms with E-state index in [1.165, 1.54) is 16.0 Å². The molecule has 0 aromatic carbocycles. The van der Waals surface area contributed by atoms with Crippen molar-refractivity contribution >= 4 is 60.8 Å². The maximum Gasteiger partial charge on any atom is 0.336 e. The lowest BCUT2D eigenvalue weighted by Gasteiger charge is -2.23. The Hall–Kier alpha value is -3.19. The number of imidazole rings is 1. The minimum Gasteiger partial charge on any atom is -0.388 e. The second-order valence-corrected chi connectivity index (χ2v) is 16.8. The molecule has 1 unspecified atom stereocenters. The van der Waals surface area contributed by atoms with Crippen LogP contribution < -0.4 is 5.32 Å². The molecule has 4 N–H and O–H groups in total. The lowest BCUT2D eigenvalue weighted by Crippen LogP contribution is -2.36. The molecule has 5 rings (SSSR count). The number of carbonyl (C=O) groups is 2. The molecule has 5 atom stereocenters. The van der Waals surface area contributed by atoms with Gasteiger partial charge in [-0.25, -0.2) is 30.6 Å². The summed E-state index contributed by atoms with van der Waals surface area (Å²) >= 11 is 6.82. The zero-order chi connectivity index (χ0) is 36.2. The highest BCUT2D eigenvalue weighted by atomic mass is 32.5. The van der Waals surface area contributed by atoms with Crippen LogP contribution >= 0.6 is 25.7 Å². The first kappa shape index (κ1) is 38.1. The number of aliphatic hydroxyl groups excluding tert-OH is 1. The summed E-state index contributed by atoms with van der Waals surface area (Å²) in [4.78, 5) is 65.9. The molecule has 0 spiro atoms. The number of thiazole rings is 1. The Morgan fingerprint density at radius 1 is 1.32 bits per heavy atom. The minimum absolute atomic E-state index is 0.0171. The summed E-state index contributed by atoms with van der Waals surface area (Å²) in [7, 11) is -5.23. The highest BCUT2D eigenvalue weighted by Crippen LogP contribution is 2.56. The van der Waals surface area contributed by atoms with Crippen LogP contribution in [-0.4, -0.2) is 106 Å². The summed E-state index contributed by atoms with van der Waals surface area (Å²) in [5, 5.41) is 16.7. The molecule has 2 aliphatic rings. The van der Waals surface area contributed by atoms with Crippen molar-refractivity contribution in [2.45, 2.75) is 57.6 Å². The third kappa shape index (κ3) is 8.63. The number of aliphatic hydroxyl groups is 1. The minimum atomic E-state index is -5.23. The average molecular weight is 776 g/mol. The van der Waals surface area contributed by atoms with Gasteiger partial charge < -0.3 is 43.4 Å². The summed E-state index contributed by atoms with van der Waals surface area (Å²) < 4.78 is 53.8. The van der Waals surface area contributed by atoms with E-state index in [2.05, 4.69) is 35.2 Å². The topological polar surface area (TPSA) is 239 Å². The Kier molecular flexibility index (Phi) is 12.2. The van der Waals surface area contributed by atoms with Crippen LogP contribution in [0.4, 0.5) is 10.2 Å². The zero-order valence-electron chi connectivity index (χ0n) is 26.4. The monoisotopic (exact) mass is 775 g/mol. The second-order valence-electron chi connectivity index (χ2n) is 11.1. The summed E-state index contributed by atoms with van der Waals surface area (Å²) in [5.74, 6) is -0.991. The van der Waals surface area contributed by atoms with Gasteiger partial charge in [0.25, 0.3) is 0 Å². The molecule has 1 fully saturated rings. The van der Waals surface area contributed by atoms with Gasteiger partial charge in [-0.05, 0) is 11.8 Å². The largest absolute Gasteiger partial charge is 0.388 e. The van der Waals surface area contributed by atoms with Gasteiger partial charge in [0.15, 0.2) is 35.2 Å². The van der Waals surface area contributed by atoms with Gasteiger partial charge in [-0.3, -0.25) is 23.7 Å². The zero-order valence-corrected chi connectivity index (χ0v) is 29.9. The van der Waals surface area contributed by atoms with Crippen molar-refractivity contribution in [2.75, 3.05) is 26.4 Å². The standard InChI is InChI=1S/C26H32FN9O10P2S2/c1-14(2)25(39)32-18-8-15(38)21-24(31-18)35(12-30-21)26-22(47(40,41)42)20(27)16(46-26)11-45-48(49,43-6-4-28-3)44-7-5-36-19(10-37)33-23(34-36)17-9-29-13-50-17/h9,12-14,16,20,22,26,37H,4-8,10-11H2,1-2H3,(H,31,32,39)(H2,40,41,42)/t16-,20-,22-,26-,48?/m1/s1. The Morgan fingerprint density at radius 2 is 2.08 bits per heavy atom. The molecular weight excluding hydrogens is 743 g/mol. The van der Waals surface area contributed by atoms with Crippen molar-refractivity contribution in [1.82, 2.24) is 34.6 Å². The number of Topliss-reactive ketones (excluding diaryl/α,β-unsaturated/α-hetero) is 1. The van der Waals surface area contributed by atoms with Gasteiger partial charge in [-0.2, -0.15) is 0 Å². The Labute approximate surface area is 293 Å². The third-order valence-electron chi connectivity index (χ3n) is 7.29. The SMILES string of the molecule is [C-]#[N+]CCOP(=S)(OCCn1nc(-c2cncs2)nc1CO)OC[C@H]1O[C@@H](n2cnc3c2N=C(NC(=O)C(C)C)CC3=O)[C@H](P(=O)(O)O)[C@@H]1F. The van der Waals surface area contributed by atoms with Crippen molar-refractivity contribution in [1.29, 1.82) is 0 Å². The number of aromatic nitrogens is 6. The van der Waals surface area contributed by atoms with E-state index in [4.69, 9.17) is 36.7 Å². The van der Waals surface area contributed by atoms with Gasteiger partial charge in [-0.1, -0.05) is 13.8 Å². The highest BCUT2D eigenvalue weighted by Gasteiger charge is 2.55. The summed E-state index contributed by atoms with van der Waals surface area (Å²) in [5.41, 5.74) is -0.618. The first-order chi connectivity index (χ1) is 23.7. The number of ether oxygens (including phenoxy) is 1. The second kappa shape index (κ2) is 16.0. The quantitative estimate of drug-likeness (QED) is 0.0983. The predicted molar refractivity (Wildman–Crippen MR) is 177 cm³/mol. The number of rotatable bonds is 15. The Balaban J connectivity index is 1.32. The summed E-state index contributed by atoms with van der Waals surface area (Å²) in [6.07, 6.45) is -3.29. The van der Waals surface area contributed by atoms with Gasteiger partial charge in [0, 0.05) is 12.1 Å². The highest BCUT2D eigenvalue weighted by molar-refractivity contribution is 8.07. The van der Waals surface area contributed by atoms with E-state index >= 15 is 4.39 Å². The van der Waals surface area contributed by atoms with Gasteiger partial charge in [0.05, 0.1) is 42.9 Å². The number of alkyl halides is 1. The number of nitrogens with zero attached hydrogens (tertiary/aromatic N) is 8. The molecule has 0 aliphatic carbocycles. The van der Waals surface area contributed by atoms with Gasteiger partial charge >= 0.3 is 14.3 Å². The van der Waals surface area contributed by atoms with Crippen LogP contribution in [0, 0.1) is 12.5 Å². The van der Waals surface area contributed by atoms with E-state index in [0.717, 1.165) is 10.9 Å². The molecule has 2 aliphatic heterocycles. The first-order valence-corrected chi connectivity index (χ1v) is 20.0. The number of aliphatic imine (C=N–C) groups is 1. The van der Waals surface area contributed by atoms with Crippen molar-refractivity contribution in [3.05, 3.63) is 41.0 Å². The Bertz CT molecular complexity index is 1880. The number of hydrogen-bond donors (Lipinski definition) is 4. The van der Waals surface area contributed by atoms with Gasteiger partial charge in [0.1, 0.15) is 37.0 Å². The number of halogens is 1. The number of amidine groups is 1. The molecule has 1 saturated heterocycles. The van der Waals surface area contributed by atoms with E-state index < -0.39 is 69.3 Å². The average Bonchev–Trinajstić information content (AvgIpc) is 3.86. The lowest BCUT2D eigenvalue weighted by molar-refractivity contribution is -0.122. The molecule has 0 bridgehead atoms. The molecular formula is C26H32FN9O10P2S2. The van der Waals surface area contributed by atoms with E-state index in [1.54, 1.807) is 25.6 Å². The van der Waals surface area contributed by atoms with E-state index in [0.29, 0.717) is 10.7 Å². The number of amides is 1. The van der Waals surface area contributed by atoms with Crippen LogP contribution in [-0.2, 0) is 52.6 Å². The van der Waals surface area contributed by atoms with Crippen LogP contribution in [0.25, 0.3) is 15.5 Å². The lowest BCUT2D eigenvalue weighted by atomic mass is 10.1. The number of carbonyl (C=O) groups excluding carboxylic acids is 2. The fourth-order valence-corrected chi connectivity index (χ4v) is 8.30. The van der Waals surface area contributed by atoms with Gasteiger partial charge in [0.2, 0.25) is 12.5 Å². The normalized spacial score (nSPS) is 21.9. The van der Waals surface area contributed by atoms with E-state index in [9.17, 15) is 29.0 Å². The smallest absolute Gasteiger partial charge is 0.336 e. The van der Waals surface area contributed by atoms with Crippen molar-refractivity contribution < 1.29 is 51.7 Å². The van der Waals surface area contributed by atoms with E-state index in [1.807, 2.05) is 0 Å². The first-order valence-electron chi connectivity index (χ1n) is 14.9. The molecule has 24 heteroatoms. The number of ketones is 1. The fraction of sp³-hybridized carbons (Fsp3) is 0.538.